The maximum atomic E-state index is 12.5. The van der Waals surface area contributed by atoms with Gasteiger partial charge in [0, 0.05) is 23.2 Å². The van der Waals surface area contributed by atoms with Crippen LogP contribution in [0, 0.1) is 10.1 Å². The van der Waals surface area contributed by atoms with Crippen molar-refractivity contribution in [2.24, 2.45) is 0 Å². The third-order valence-corrected chi connectivity index (χ3v) is 3.61. The Morgan fingerprint density at radius 1 is 1.48 bits per heavy atom. The monoisotopic (exact) mass is 298 g/mol. The molecule has 114 valence electrons. The smallest absolute Gasteiger partial charge is 0.286 e. The first kappa shape index (κ1) is 15.0. The van der Waals surface area contributed by atoms with E-state index >= 15 is 0 Å². The van der Waals surface area contributed by atoms with Crippen LogP contribution in [0.15, 0.2) is 12.1 Å². The zero-order chi connectivity index (χ0) is 15.6. The molecular weight excluding hydrogens is 283 g/mol. The van der Waals surface area contributed by atoms with Crippen molar-refractivity contribution in [2.75, 3.05) is 13.7 Å². The molecule has 0 N–H and O–H groups in total. The first-order valence-electron chi connectivity index (χ1n) is 6.45. The van der Waals surface area contributed by atoms with E-state index in [2.05, 4.69) is 4.94 Å². The summed E-state index contributed by atoms with van der Waals surface area (Å²) in [6.45, 7) is 2.42. The third-order valence-electron chi connectivity index (χ3n) is 3.61. The van der Waals surface area contributed by atoms with E-state index in [1.807, 2.05) is 6.92 Å². The number of likely N-dealkylation sites (tertiary alicyclic amines) is 1. The van der Waals surface area contributed by atoms with Gasteiger partial charge in [-0.05, 0) is 19.8 Å². The van der Waals surface area contributed by atoms with Crippen molar-refractivity contribution in [1.29, 1.82) is 0 Å². The molecule has 1 saturated heterocycles. The molecule has 0 saturated carbocycles. The number of nitro groups is 1. The zero-order valence-electron chi connectivity index (χ0n) is 11.7. The molecule has 1 amide bonds. The van der Waals surface area contributed by atoms with E-state index in [9.17, 15) is 19.4 Å². The number of amides is 1. The van der Waals surface area contributed by atoms with Crippen LogP contribution in [0.3, 0.4) is 0 Å². The number of nitrogens with zero attached hydrogens (tertiary/aromatic N) is 2. The molecule has 8 heteroatoms. The van der Waals surface area contributed by atoms with Gasteiger partial charge in [0.2, 0.25) is 5.75 Å². The summed E-state index contributed by atoms with van der Waals surface area (Å²) < 4.78 is 17.3. The Kier molecular flexibility index (Phi) is 4.25. The van der Waals surface area contributed by atoms with Crippen molar-refractivity contribution in [2.45, 2.75) is 25.8 Å². The Balaban J connectivity index is 2.50. The number of rotatable bonds is 4. The summed E-state index contributed by atoms with van der Waals surface area (Å²) in [4.78, 5) is 28.0. The summed E-state index contributed by atoms with van der Waals surface area (Å²) in [6.07, 6.45) is 1.70. The van der Waals surface area contributed by atoms with Crippen LogP contribution in [0.5, 0.6) is 11.5 Å². The number of hydrogen-bond acceptors (Lipinski definition) is 5. The fourth-order valence-corrected chi connectivity index (χ4v) is 2.48. The molecule has 1 aliphatic heterocycles. The van der Waals surface area contributed by atoms with Gasteiger partial charge in [0.1, 0.15) is 5.56 Å². The van der Waals surface area contributed by atoms with Crippen molar-refractivity contribution < 1.29 is 23.9 Å². The quantitative estimate of drug-likeness (QED) is 0.630. The van der Waals surface area contributed by atoms with Gasteiger partial charge in [-0.3, -0.25) is 19.9 Å². The van der Waals surface area contributed by atoms with Gasteiger partial charge in [0.25, 0.3) is 11.6 Å². The van der Waals surface area contributed by atoms with Crippen molar-refractivity contribution in [3.8, 4) is 11.5 Å². The molecule has 1 fully saturated rings. The van der Waals surface area contributed by atoms with E-state index in [0.717, 1.165) is 25.0 Å². The van der Waals surface area contributed by atoms with Crippen LogP contribution in [0.25, 0.3) is 0 Å². The zero-order valence-corrected chi connectivity index (χ0v) is 11.7. The summed E-state index contributed by atoms with van der Waals surface area (Å²) in [7, 11) is 1.26. The molecule has 0 unspecified atom stereocenters. The summed E-state index contributed by atoms with van der Waals surface area (Å²) >= 11 is 0. The standard InChI is InChI=1S/C13H15FN2O5/c1-8-4-3-5-15(8)13(17)9-6-11(20-2)12(21-14)7-10(9)16(18)19/h6-8H,3-5H2,1-2H3/t8-/m1/s1. The number of nitro benzene ring substituents is 1. The van der Waals surface area contributed by atoms with Gasteiger partial charge < -0.3 is 9.64 Å². The number of benzene rings is 1. The summed E-state index contributed by atoms with van der Waals surface area (Å²) in [6, 6.07) is 2.01. The van der Waals surface area contributed by atoms with Crippen LogP contribution in [-0.4, -0.2) is 35.4 Å². The Bertz CT molecular complexity index is 578. The van der Waals surface area contributed by atoms with Crippen molar-refractivity contribution >= 4 is 11.6 Å². The van der Waals surface area contributed by atoms with Crippen molar-refractivity contribution in [1.82, 2.24) is 4.90 Å². The van der Waals surface area contributed by atoms with E-state index in [4.69, 9.17) is 4.74 Å². The SMILES string of the molecule is COc1cc(C(=O)N2CCC[C@H]2C)c([N+](=O)[O-])cc1OF. The highest BCUT2D eigenvalue weighted by atomic mass is 19.3. The molecule has 1 aromatic carbocycles. The Hall–Kier alpha value is -2.38. The number of hydrogen-bond donors (Lipinski definition) is 0. The van der Waals surface area contributed by atoms with Gasteiger partial charge >= 0.3 is 0 Å². The van der Waals surface area contributed by atoms with Gasteiger partial charge in [-0.1, -0.05) is 0 Å². The lowest BCUT2D eigenvalue weighted by molar-refractivity contribution is -0.385. The summed E-state index contributed by atoms with van der Waals surface area (Å²) in [5.74, 6) is -0.969. The van der Waals surface area contributed by atoms with E-state index in [-0.39, 0.29) is 17.4 Å². The minimum atomic E-state index is -0.740. The number of ether oxygens (including phenoxy) is 1. The van der Waals surface area contributed by atoms with Gasteiger partial charge in [0.05, 0.1) is 18.1 Å². The lowest BCUT2D eigenvalue weighted by Crippen LogP contribution is -2.34. The lowest BCUT2D eigenvalue weighted by Gasteiger charge is -2.21. The molecule has 0 spiro atoms. The molecule has 0 radical (unpaired) electrons. The molecule has 1 aliphatic rings. The number of halogens is 1. The molecule has 0 aliphatic carbocycles. The van der Waals surface area contributed by atoms with E-state index in [1.54, 1.807) is 4.90 Å². The first-order valence-corrected chi connectivity index (χ1v) is 6.45. The van der Waals surface area contributed by atoms with E-state index in [1.165, 1.54) is 7.11 Å². The summed E-state index contributed by atoms with van der Waals surface area (Å²) in [5.41, 5.74) is -0.640. The number of carbonyl (C=O) groups is 1. The molecule has 21 heavy (non-hydrogen) atoms. The topological polar surface area (TPSA) is 81.9 Å². The largest absolute Gasteiger partial charge is 0.493 e. The lowest BCUT2D eigenvalue weighted by atomic mass is 10.1. The third kappa shape index (κ3) is 2.74. The minimum absolute atomic E-state index is 0.0141. The normalized spacial score (nSPS) is 17.7. The van der Waals surface area contributed by atoms with Crippen LogP contribution in [0.4, 0.5) is 10.2 Å². The molecule has 0 bridgehead atoms. The average Bonchev–Trinajstić information content (AvgIpc) is 2.90. The first-order chi connectivity index (χ1) is 9.99. The Morgan fingerprint density at radius 3 is 2.67 bits per heavy atom. The molecule has 0 aromatic heterocycles. The maximum absolute atomic E-state index is 12.5. The predicted molar refractivity (Wildman–Crippen MR) is 71.1 cm³/mol. The minimum Gasteiger partial charge on any atom is -0.493 e. The number of methoxy groups -OCH3 is 1. The second-order valence-electron chi connectivity index (χ2n) is 4.84. The predicted octanol–water partition coefficient (Wildman–Crippen LogP) is 2.49. The Labute approximate surface area is 120 Å². The number of carbonyl (C=O) groups excluding carboxylic acids is 1. The summed E-state index contributed by atoms with van der Waals surface area (Å²) in [5, 5.41) is 11.1. The second-order valence-corrected chi connectivity index (χ2v) is 4.84. The van der Waals surface area contributed by atoms with E-state index in [0.29, 0.717) is 6.54 Å². The van der Waals surface area contributed by atoms with Crippen LogP contribution in [0.1, 0.15) is 30.1 Å². The fourth-order valence-electron chi connectivity index (χ4n) is 2.48. The van der Waals surface area contributed by atoms with Crippen molar-refractivity contribution in [3.05, 3.63) is 27.8 Å². The molecule has 7 nitrogen and oxygen atoms in total. The fraction of sp³-hybridized carbons (Fsp3) is 0.462. The molecule has 1 aromatic rings. The average molecular weight is 298 g/mol. The Morgan fingerprint density at radius 2 is 2.19 bits per heavy atom. The highest BCUT2D eigenvalue weighted by Crippen LogP contribution is 2.36. The highest BCUT2D eigenvalue weighted by Gasteiger charge is 2.32. The van der Waals surface area contributed by atoms with Gasteiger partial charge in [0.15, 0.2) is 5.75 Å². The van der Waals surface area contributed by atoms with Gasteiger partial charge in [-0.2, -0.15) is 0 Å². The molecular formula is C13H15FN2O5. The highest BCUT2D eigenvalue weighted by molar-refractivity contribution is 5.99. The van der Waals surface area contributed by atoms with Gasteiger partial charge in [-0.15, -0.1) is 0 Å². The van der Waals surface area contributed by atoms with Gasteiger partial charge in [-0.25, -0.2) is 0 Å². The maximum Gasteiger partial charge on any atom is 0.286 e. The van der Waals surface area contributed by atoms with Crippen LogP contribution >= 0.6 is 0 Å². The van der Waals surface area contributed by atoms with Crippen LogP contribution < -0.4 is 9.68 Å². The molecule has 1 heterocycles. The van der Waals surface area contributed by atoms with Crippen molar-refractivity contribution in [3.63, 3.8) is 0 Å². The van der Waals surface area contributed by atoms with Crippen LogP contribution in [0.2, 0.25) is 0 Å². The second kappa shape index (κ2) is 5.94. The molecule has 1 atom stereocenters. The molecule has 2 rings (SSSR count). The van der Waals surface area contributed by atoms with Crippen LogP contribution in [-0.2, 0) is 0 Å². The van der Waals surface area contributed by atoms with E-state index < -0.39 is 22.3 Å².